The van der Waals surface area contributed by atoms with Gasteiger partial charge in [-0.15, -0.1) is 0 Å². The Kier molecular flexibility index (Phi) is 6.73. The first kappa shape index (κ1) is 23.8. The molecule has 0 spiro atoms. The molecule has 0 aromatic heterocycles. The van der Waals surface area contributed by atoms with Gasteiger partial charge < -0.3 is 10.1 Å². The number of nitro groups is 1. The number of amides is 1. The molecule has 2 rings (SSSR count). The number of alkyl halides is 3. The fourth-order valence-electron chi connectivity index (χ4n) is 2.61. The third kappa shape index (κ3) is 6.03. The summed E-state index contributed by atoms with van der Waals surface area (Å²) in [6, 6.07) is 8.48. The molecule has 31 heavy (non-hydrogen) atoms. The van der Waals surface area contributed by atoms with E-state index in [2.05, 4.69) is 0 Å². The summed E-state index contributed by atoms with van der Waals surface area (Å²) in [5, 5.41) is 12.8. The van der Waals surface area contributed by atoms with Gasteiger partial charge in [0.2, 0.25) is 0 Å². The van der Waals surface area contributed by atoms with Gasteiger partial charge >= 0.3 is 12.1 Å². The normalized spacial score (nSPS) is 12.7. The Hall–Kier alpha value is -3.43. The smallest absolute Gasteiger partial charge is 0.418 e. The molecule has 0 fully saturated rings. The second-order valence-corrected chi connectivity index (χ2v) is 7.85. The summed E-state index contributed by atoms with van der Waals surface area (Å²) >= 11 is 0. The molecule has 0 aliphatic heterocycles. The van der Waals surface area contributed by atoms with Gasteiger partial charge in [0.1, 0.15) is 0 Å². The number of ether oxygens (including phenoxy) is 1. The summed E-state index contributed by atoms with van der Waals surface area (Å²) < 4.78 is 44.7. The van der Waals surface area contributed by atoms with Crippen LogP contribution in [-0.2, 0) is 21.1 Å². The molecule has 0 radical (unpaired) electrons. The topological polar surface area (TPSA) is 98.5 Å². The second-order valence-electron chi connectivity index (χ2n) is 7.85. The van der Waals surface area contributed by atoms with Crippen LogP contribution in [0.1, 0.15) is 49.2 Å². The predicted molar refractivity (Wildman–Crippen MR) is 107 cm³/mol. The molecule has 1 unspecified atom stereocenters. The van der Waals surface area contributed by atoms with Gasteiger partial charge in [0.25, 0.3) is 11.6 Å². The van der Waals surface area contributed by atoms with E-state index in [1.54, 1.807) is 12.1 Å². The van der Waals surface area contributed by atoms with Crippen LogP contribution in [-0.4, -0.2) is 22.9 Å². The molecule has 1 amide bonds. The summed E-state index contributed by atoms with van der Waals surface area (Å²) in [4.78, 5) is 34.3. The number of halogens is 3. The van der Waals surface area contributed by atoms with Gasteiger partial charge in [-0.25, -0.2) is 4.79 Å². The van der Waals surface area contributed by atoms with Gasteiger partial charge in [-0.2, -0.15) is 13.2 Å². The zero-order valence-corrected chi connectivity index (χ0v) is 17.2. The van der Waals surface area contributed by atoms with Crippen molar-refractivity contribution in [1.29, 1.82) is 0 Å². The molecule has 0 bridgehead atoms. The number of anilines is 1. The van der Waals surface area contributed by atoms with Crippen molar-refractivity contribution < 1.29 is 32.4 Å². The Balaban J connectivity index is 2.14. The number of hydrogen-bond acceptors (Lipinski definition) is 5. The van der Waals surface area contributed by atoms with Crippen molar-refractivity contribution in [3.05, 3.63) is 69.3 Å². The number of benzene rings is 2. The van der Waals surface area contributed by atoms with Gasteiger partial charge in [0.15, 0.2) is 6.10 Å². The fourth-order valence-corrected chi connectivity index (χ4v) is 2.61. The van der Waals surface area contributed by atoms with Crippen LogP contribution in [0.5, 0.6) is 0 Å². The minimum Gasteiger partial charge on any atom is -0.449 e. The number of nitrogens with zero attached hydrogens (tertiary/aromatic N) is 1. The average Bonchev–Trinajstić information content (AvgIpc) is 2.66. The van der Waals surface area contributed by atoms with Crippen LogP contribution in [0.4, 0.5) is 24.5 Å². The lowest BCUT2D eigenvalue weighted by Gasteiger charge is -2.19. The summed E-state index contributed by atoms with van der Waals surface area (Å²) in [5.74, 6) is -1.83. The number of hydrogen-bond donors (Lipinski definition) is 1. The summed E-state index contributed by atoms with van der Waals surface area (Å²) in [7, 11) is 0. The van der Waals surface area contributed by atoms with Crippen molar-refractivity contribution in [2.45, 2.75) is 45.4 Å². The Morgan fingerprint density at radius 2 is 1.65 bits per heavy atom. The lowest BCUT2D eigenvalue weighted by molar-refractivity contribution is -0.385. The predicted octanol–water partition coefficient (Wildman–Crippen LogP) is 5.10. The lowest BCUT2D eigenvalue weighted by atomic mass is 9.87. The van der Waals surface area contributed by atoms with Gasteiger partial charge in [-0.3, -0.25) is 14.9 Å². The Morgan fingerprint density at radius 3 is 2.13 bits per heavy atom. The maximum atomic E-state index is 13.2. The largest absolute Gasteiger partial charge is 0.449 e. The van der Waals surface area contributed by atoms with Gasteiger partial charge in [-0.05, 0) is 36.1 Å². The highest BCUT2D eigenvalue weighted by atomic mass is 19.4. The maximum absolute atomic E-state index is 13.2. The molecule has 166 valence electrons. The van der Waals surface area contributed by atoms with Crippen molar-refractivity contribution in [2.75, 3.05) is 5.32 Å². The quantitative estimate of drug-likeness (QED) is 0.398. The molecule has 10 heteroatoms. The van der Waals surface area contributed by atoms with Gasteiger partial charge in [0, 0.05) is 12.1 Å². The highest BCUT2D eigenvalue weighted by molar-refractivity contribution is 5.98. The lowest BCUT2D eigenvalue weighted by Crippen LogP contribution is -2.30. The Bertz CT molecular complexity index is 996. The number of esters is 1. The Morgan fingerprint density at radius 1 is 1.06 bits per heavy atom. The molecule has 0 aliphatic carbocycles. The van der Waals surface area contributed by atoms with E-state index in [1.807, 2.05) is 26.1 Å². The summed E-state index contributed by atoms with van der Waals surface area (Å²) in [5.41, 5.74) is -1.81. The third-order valence-electron chi connectivity index (χ3n) is 4.42. The van der Waals surface area contributed by atoms with Crippen LogP contribution < -0.4 is 5.32 Å². The molecule has 7 nitrogen and oxygen atoms in total. The van der Waals surface area contributed by atoms with Crippen molar-refractivity contribution in [3.63, 3.8) is 0 Å². The molecule has 2 aromatic rings. The molecule has 1 N–H and O–H groups in total. The number of carbonyl (C=O) groups is 2. The number of nitrogens with one attached hydrogen (secondary N) is 1. The number of carbonyl (C=O) groups excluding carboxylic acids is 2. The van der Waals surface area contributed by atoms with E-state index in [0.29, 0.717) is 6.07 Å². The fraction of sp³-hybridized carbons (Fsp3) is 0.333. The van der Waals surface area contributed by atoms with Crippen molar-refractivity contribution in [3.8, 4) is 0 Å². The Labute approximate surface area is 176 Å². The van der Waals surface area contributed by atoms with Crippen LogP contribution in [0, 0.1) is 10.1 Å². The molecular weight excluding hydrogens is 417 g/mol. The first-order valence-corrected chi connectivity index (χ1v) is 9.18. The minimum atomic E-state index is -4.94. The summed E-state index contributed by atoms with van der Waals surface area (Å²) in [6.07, 6.45) is -6.35. The van der Waals surface area contributed by atoms with Crippen LogP contribution in [0.15, 0.2) is 42.5 Å². The first-order valence-electron chi connectivity index (χ1n) is 9.18. The van der Waals surface area contributed by atoms with Crippen LogP contribution >= 0.6 is 0 Å². The molecule has 0 aliphatic rings. The molecule has 0 saturated heterocycles. The molecular formula is C21H21F3N2O5. The van der Waals surface area contributed by atoms with E-state index in [9.17, 15) is 32.9 Å². The van der Waals surface area contributed by atoms with E-state index in [4.69, 9.17) is 4.74 Å². The first-order chi connectivity index (χ1) is 14.2. The molecule has 2 aromatic carbocycles. The van der Waals surface area contributed by atoms with Gasteiger partial charge in [-0.1, -0.05) is 32.9 Å². The van der Waals surface area contributed by atoms with Crippen molar-refractivity contribution in [2.24, 2.45) is 0 Å². The standard InChI is InChI=1S/C21H21F3N2O5/c1-12(31-19(28)13-5-7-14(8-6-13)20(2,3)4)18(27)25-17-10-9-15(26(29)30)11-16(17)21(22,23)24/h5-12H,1-4H3,(H,25,27). The molecule has 0 saturated carbocycles. The SMILES string of the molecule is CC(OC(=O)c1ccc(C(C)(C)C)cc1)C(=O)Nc1ccc([N+](=O)[O-])cc1C(F)(F)F. The van der Waals surface area contributed by atoms with Crippen molar-refractivity contribution >= 4 is 23.3 Å². The minimum absolute atomic E-state index is 0.128. The van der Waals surface area contributed by atoms with E-state index in [1.165, 1.54) is 19.1 Å². The molecule has 0 heterocycles. The van der Waals surface area contributed by atoms with E-state index in [-0.39, 0.29) is 11.0 Å². The number of rotatable bonds is 5. The zero-order chi connectivity index (χ0) is 23.6. The van der Waals surface area contributed by atoms with E-state index >= 15 is 0 Å². The van der Waals surface area contributed by atoms with Crippen LogP contribution in [0.3, 0.4) is 0 Å². The number of non-ortho nitro benzene ring substituents is 1. The van der Waals surface area contributed by atoms with Gasteiger partial charge in [0.05, 0.1) is 21.7 Å². The third-order valence-corrected chi connectivity index (χ3v) is 4.42. The highest BCUT2D eigenvalue weighted by Crippen LogP contribution is 2.37. The molecule has 1 atom stereocenters. The van der Waals surface area contributed by atoms with Crippen molar-refractivity contribution in [1.82, 2.24) is 0 Å². The van der Waals surface area contributed by atoms with Crippen LogP contribution in [0.25, 0.3) is 0 Å². The maximum Gasteiger partial charge on any atom is 0.418 e. The summed E-state index contributed by atoms with van der Waals surface area (Å²) in [6.45, 7) is 7.20. The van der Waals surface area contributed by atoms with Crippen LogP contribution in [0.2, 0.25) is 0 Å². The monoisotopic (exact) mass is 438 g/mol. The van der Waals surface area contributed by atoms with E-state index in [0.717, 1.165) is 17.7 Å². The zero-order valence-electron chi connectivity index (χ0n) is 17.2. The van der Waals surface area contributed by atoms with E-state index < -0.39 is 46.0 Å². The second kappa shape index (κ2) is 8.75. The number of nitro benzene ring substituents is 1. The highest BCUT2D eigenvalue weighted by Gasteiger charge is 2.36. The average molecular weight is 438 g/mol.